The standard InChI is InChI=1S/C15H21NO3/c1-15(2)11-16(9-12-7-5-4-6-8-12)13(10-19-15)14(17)18-3/h4-8,13H,9-11H2,1-3H3. The van der Waals surface area contributed by atoms with Crippen molar-refractivity contribution in [1.29, 1.82) is 0 Å². The van der Waals surface area contributed by atoms with Crippen LogP contribution in [0.15, 0.2) is 30.3 Å². The fourth-order valence-electron chi connectivity index (χ4n) is 2.39. The molecule has 0 saturated carbocycles. The Morgan fingerprint density at radius 3 is 2.74 bits per heavy atom. The summed E-state index contributed by atoms with van der Waals surface area (Å²) in [6.07, 6.45) is 0. The van der Waals surface area contributed by atoms with Crippen LogP contribution >= 0.6 is 0 Å². The Morgan fingerprint density at radius 2 is 2.11 bits per heavy atom. The van der Waals surface area contributed by atoms with Crippen molar-refractivity contribution in [3.63, 3.8) is 0 Å². The monoisotopic (exact) mass is 263 g/mol. The van der Waals surface area contributed by atoms with E-state index in [2.05, 4.69) is 17.0 Å². The molecule has 1 unspecified atom stereocenters. The highest BCUT2D eigenvalue weighted by molar-refractivity contribution is 5.76. The molecule has 0 spiro atoms. The summed E-state index contributed by atoms with van der Waals surface area (Å²) in [6, 6.07) is 9.82. The van der Waals surface area contributed by atoms with Gasteiger partial charge in [-0.2, -0.15) is 0 Å². The van der Waals surface area contributed by atoms with Gasteiger partial charge < -0.3 is 9.47 Å². The smallest absolute Gasteiger partial charge is 0.325 e. The largest absolute Gasteiger partial charge is 0.468 e. The molecule has 0 aliphatic carbocycles. The first-order chi connectivity index (χ1) is 9.02. The van der Waals surface area contributed by atoms with E-state index < -0.39 is 0 Å². The number of hydrogen-bond acceptors (Lipinski definition) is 4. The van der Waals surface area contributed by atoms with E-state index in [1.54, 1.807) is 0 Å². The molecule has 4 nitrogen and oxygen atoms in total. The number of rotatable bonds is 3. The van der Waals surface area contributed by atoms with E-state index in [0.29, 0.717) is 13.2 Å². The molecule has 1 atom stereocenters. The zero-order chi connectivity index (χ0) is 13.9. The Kier molecular flexibility index (Phi) is 4.22. The number of benzene rings is 1. The summed E-state index contributed by atoms with van der Waals surface area (Å²) < 4.78 is 10.6. The minimum absolute atomic E-state index is 0.230. The summed E-state index contributed by atoms with van der Waals surface area (Å²) in [4.78, 5) is 14.0. The van der Waals surface area contributed by atoms with Crippen molar-refractivity contribution < 1.29 is 14.3 Å². The van der Waals surface area contributed by atoms with Crippen LogP contribution in [0.25, 0.3) is 0 Å². The van der Waals surface area contributed by atoms with Gasteiger partial charge in [0.05, 0.1) is 19.3 Å². The summed E-state index contributed by atoms with van der Waals surface area (Å²) in [5.74, 6) is -0.230. The van der Waals surface area contributed by atoms with E-state index in [-0.39, 0.29) is 17.6 Å². The normalized spacial score (nSPS) is 23.0. The van der Waals surface area contributed by atoms with Crippen LogP contribution in [0, 0.1) is 0 Å². The molecule has 2 rings (SSSR count). The third kappa shape index (κ3) is 3.55. The van der Waals surface area contributed by atoms with Crippen LogP contribution < -0.4 is 0 Å². The maximum Gasteiger partial charge on any atom is 0.325 e. The molecule has 104 valence electrons. The van der Waals surface area contributed by atoms with Crippen LogP contribution in [0.1, 0.15) is 19.4 Å². The molecular formula is C15H21NO3. The number of methoxy groups -OCH3 is 1. The van der Waals surface area contributed by atoms with Gasteiger partial charge in [0.25, 0.3) is 0 Å². The Labute approximate surface area is 114 Å². The second-order valence-corrected chi connectivity index (χ2v) is 5.50. The molecule has 0 amide bonds. The van der Waals surface area contributed by atoms with Crippen molar-refractivity contribution >= 4 is 5.97 Å². The number of morpholine rings is 1. The number of esters is 1. The quantitative estimate of drug-likeness (QED) is 0.780. The van der Waals surface area contributed by atoms with Crippen molar-refractivity contribution in [2.75, 3.05) is 20.3 Å². The molecule has 1 fully saturated rings. The second-order valence-electron chi connectivity index (χ2n) is 5.50. The lowest BCUT2D eigenvalue weighted by Crippen LogP contribution is -2.56. The number of hydrogen-bond donors (Lipinski definition) is 0. The minimum Gasteiger partial charge on any atom is -0.468 e. The van der Waals surface area contributed by atoms with Gasteiger partial charge in [0.1, 0.15) is 6.04 Å². The van der Waals surface area contributed by atoms with Crippen molar-refractivity contribution in [2.24, 2.45) is 0 Å². The minimum atomic E-state index is -0.321. The van der Waals surface area contributed by atoms with Crippen molar-refractivity contribution in [1.82, 2.24) is 4.90 Å². The number of carbonyl (C=O) groups is 1. The van der Waals surface area contributed by atoms with Gasteiger partial charge in [-0.1, -0.05) is 30.3 Å². The van der Waals surface area contributed by atoms with Crippen LogP contribution in [0.3, 0.4) is 0 Å². The molecule has 0 N–H and O–H groups in total. The molecule has 1 aliphatic rings. The molecule has 0 radical (unpaired) electrons. The van der Waals surface area contributed by atoms with E-state index in [1.165, 1.54) is 12.7 Å². The first kappa shape index (κ1) is 14.0. The molecule has 0 bridgehead atoms. The molecule has 4 heteroatoms. The predicted octanol–water partition coefficient (Wildman–Crippen LogP) is 1.84. The average Bonchev–Trinajstić information content (AvgIpc) is 2.38. The SMILES string of the molecule is COC(=O)C1COC(C)(C)CN1Cc1ccccc1. The Hall–Kier alpha value is -1.39. The van der Waals surface area contributed by atoms with Gasteiger partial charge in [0, 0.05) is 13.1 Å². The highest BCUT2D eigenvalue weighted by Gasteiger charge is 2.38. The number of carbonyl (C=O) groups excluding carboxylic acids is 1. The van der Waals surface area contributed by atoms with E-state index in [0.717, 1.165) is 6.54 Å². The molecule has 19 heavy (non-hydrogen) atoms. The summed E-state index contributed by atoms with van der Waals surface area (Å²) in [7, 11) is 1.42. The fourth-order valence-corrected chi connectivity index (χ4v) is 2.39. The highest BCUT2D eigenvalue weighted by atomic mass is 16.5. The third-order valence-electron chi connectivity index (χ3n) is 3.36. The zero-order valence-electron chi connectivity index (χ0n) is 11.8. The lowest BCUT2D eigenvalue weighted by atomic mass is 10.0. The van der Waals surface area contributed by atoms with Crippen LogP contribution in [0.4, 0.5) is 0 Å². The van der Waals surface area contributed by atoms with Crippen LogP contribution in [0.5, 0.6) is 0 Å². The Bertz CT molecular complexity index is 430. The van der Waals surface area contributed by atoms with Crippen molar-refractivity contribution in [3.05, 3.63) is 35.9 Å². The van der Waals surface area contributed by atoms with Gasteiger partial charge in [-0.25, -0.2) is 0 Å². The Morgan fingerprint density at radius 1 is 1.42 bits per heavy atom. The second kappa shape index (κ2) is 5.72. The van der Waals surface area contributed by atoms with Gasteiger partial charge in [-0.15, -0.1) is 0 Å². The average molecular weight is 263 g/mol. The maximum absolute atomic E-state index is 11.8. The first-order valence-electron chi connectivity index (χ1n) is 6.51. The van der Waals surface area contributed by atoms with E-state index >= 15 is 0 Å². The fraction of sp³-hybridized carbons (Fsp3) is 0.533. The van der Waals surface area contributed by atoms with E-state index in [4.69, 9.17) is 9.47 Å². The summed E-state index contributed by atoms with van der Waals surface area (Å²) in [5, 5.41) is 0. The van der Waals surface area contributed by atoms with Gasteiger partial charge in [-0.05, 0) is 19.4 Å². The summed E-state index contributed by atoms with van der Waals surface area (Å²) in [5.41, 5.74) is 0.952. The maximum atomic E-state index is 11.8. The van der Waals surface area contributed by atoms with Gasteiger partial charge in [0.15, 0.2) is 0 Å². The van der Waals surface area contributed by atoms with Crippen molar-refractivity contribution in [2.45, 2.75) is 32.0 Å². The summed E-state index contributed by atoms with van der Waals surface area (Å²) >= 11 is 0. The predicted molar refractivity (Wildman–Crippen MR) is 72.7 cm³/mol. The van der Waals surface area contributed by atoms with Crippen LogP contribution in [-0.2, 0) is 20.8 Å². The number of nitrogens with zero attached hydrogens (tertiary/aromatic N) is 1. The summed E-state index contributed by atoms with van der Waals surface area (Å²) in [6.45, 7) is 5.90. The van der Waals surface area contributed by atoms with Crippen molar-refractivity contribution in [3.8, 4) is 0 Å². The van der Waals surface area contributed by atoms with Gasteiger partial charge in [-0.3, -0.25) is 9.69 Å². The zero-order valence-corrected chi connectivity index (χ0v) is 11.8. The van der Waals surface area contributed by atoms with E-state index in [1.807, 2.05) is 32.0 Å². The molecule has 1 saturated heterocycles. The molecular weight excluding hydrogens is 242 g/mol. The van der Waals surface area contributed by atoms with Crippen LogP contribution in [-0.4, -0.2) is 42.8 Å². The molecule has 1 aromatic carbocycles. The molecule has 1 heterocycles. The molecule has 1 aromatic rings. The highest BCUT2D eigenvalue weighted by Crippen LogP contribution is 2.23. The van der Waals surface area contributed by atoms with E-state index in [9.17, 15) is 4.79 Å². The lowest BCUT2D eigenvalue weighted by molar-refractivity contribution is -0.166. The van der Waals surface area contributed by atoms with Gasteiger partial charge >= 0.3 is 5.97 Å². The van der Waals surface area contributed by atoms with Gasteiger partial charge in [0.2, 0.25) is 0 Å². The lowest BCUT2D eigenvalue weighted by Gasteiger charge is -2.42. The topological polar surface area (TPSA) is 38.8 Å². The number of ether oxygens (including phenoxy) is 2. The first-order valence-corrected chi connectivity index (χ1v) is 6.51. The Balaban J connectivity index is 2.13. The molecule has 0 aromatic heterocycles. The van der Waals surface area contributed by atoms with Crippen LogP contribution in [0.2, 0.25) is 0 Å². The molecule has 1 aliphatic heterocycles. The third-order valence-corrected chi connectivity index (χ3v) is 3.36.